The van der Waals surface area contributed by atoms with Crippen molar-refractivity contribution in [1.29, 1.82) is 0 Å². The molecule has 0 aliphatic heterocycles. The smallest absolute Gasteiger partial charge is 0.232 e. The molecule has 0 bridgehead atoms. The standard InChI is InChI=1S/C13H20N6OS/c1-13(2,3)11-15-9(18-20-11)7-21-12-17-16-10(6-14)19(12)8-4-5-8/h8H,4-7,14H2,1-3H3. The number of nitrogens with zero attached hydrogens (tertiary/aromatic N) is 5. The van der Waals surface area contributed by atoms with Crippen molar-refractivity contribution in [3.05, 3.63) is 17.5 Å². The molecule has 0 radical (unpaired) electrons. The highest BCUT2D eigenvalue weighted by molar-refractivity contribution is 7.98. The normalized spacial score (nSPS) is 15.6. The van der Waals surface area contributed by atoms with Crippen LogP contribution in [0.15, 0.2) is 9.68 Å². The predicted molar refractivity (Wildman–Crippen MR) is 78.7 cm³/mol. The van der Waals surface area contributed by atoms with Gasteiger partial charge in [0.05, 0.1) is 12.3 Å². The van der Waals surface area contributed by atoms with E-state index in [4.69, 9.17) is 10.3 Å². The highest BCUT2D eigenvalue weighted by Gasteiger charge is 2.29. The average Bonchev–Trinajstić information content (AvgIpc) is 3.01. The molecule has 0 aromatic carbocycles. The summed E-state index contributed by atoms with van der Waals surface area (Å²) in [6, 6.07) is 0.511. The van der Waals surface area contributed by atoms with Gasteiger partial charge in [-0.2, -0.15) is 4.98 Å². The van der Waals surface area contributed by atoms with E-state index >= 15 is 0 Å². The molecule has 1 aliphatic carbocycles. The minimum absolute atomic E-state index is 0.128. The third-order valence-electron chi connectivity index (χ3n) is 3.27. The molecule has 0 spiro atoms. The van der Waals surface area contributed by atoms with Crippen LogP contribution in [0.3, 0.4) is 0 Å². The number of hydrogen-bond acceptors (Lipinski definition) is 7. The number of nitrogens with two attached hydrogens (primary N) is 1. The Balaban J connectivity index is 1.70. The molecule has 2 heterocycles. The Labute approximate surface area is 127 Å². The van der Waals surface area contributed by atoms with E-state index in [2.05, 4.69) is 45.7 Å². The van der Waals surface area contributed by atoms with Gasteiger partial charge in [0.15, 0.2) is 11.0 Å². The highest BCUT2D eigenvalue weighted by atomic mass is 32.2. The lowest BCUT2D eigenvalue weighted by Crippen LogP contribution is -2.11. The minimum Gasteiger partial charge on any atom is -0.339 e. The summed E-state index contributed by atoms with van der Waals surface area (Å²) in [5.74, 6) is 2.81. The molecular weight excluding hydrogens is 288 g/mol. The number of aromatic nitrogens is 5. The maximum absolute atomic E-state index is 5.72. The maximum Gasteiger partial charge on any atom is 0.232 e. The van der Waals surface area contributed by atoms with Gasteiger partial charge in [-0.25, -0.2) is 0 Å². The van der Waals surface area contributed by atoms with Crippen molar-refractivity contribution < 1.29 is 4.52 Å². The van der Waals surface area contributed by atoms with Gasteiger partial charge in [-0.1, -0.05) is 37.7 Å². The molecule has 0 saturated heterocycles. The Hall–Kier alpha value is -1.41. The second-order valence-corrected chi connectivity index (χ2v) is 7.20. The fourth-order valence-electron chi connectivity index (χ4n) is 1.99. The van der Waals surface area contributed by atoms with Crippen LogP contribution >= 0.6 is 11.8 Å². The van der Waals surface area contributed by atoms with E-state index in [1.54, 1.807) is 11.8 Å². The Morgan fingerprint density at radius 3 is 2.67 bits per heavy atom. The zero-order valence-electron chi connectivity index (χ0n) is 12.5. The van der Waals surface area contributed by atoms with Crippen LogP contribution in [0, 0.1) is 0 Å². The quantitative estimate of drug-likeness (QED) is 0.844. The first-order valence-electron chi connectivity index (χ1n) is 7.08. The summed E-state index contributed by atoms with van der Waals surface area (Å²) in [6.07, 6.45) is 2.35. The summed E-state index contributed by atoms with van der Waals surface area (Å²) in [4.78, 5) is 4.43. The largest absolute Gasteiger partial charge is 0.339 e. The van der Waals surface area contributed by atoms with Crippen LogP contribution in [0.5, 0.6) is 0 Å². The van der Waals surface area contributed by atoms with E-state index in [0.29, 0.717) is 30.1 Å². The van der Waals surface area contributed by atoms with E-state index in [1.165, 1.54) is 12.8 Å². The monoisotopic (exact) mass is 308 g/mol. The summed E-state index contributed by atoms with van der Waals surface area (Å²) in [5, 5.41) is 13.3. The summed E-state index contributed by atoms with van der Waals surface area (Å²) in [6.45, 7) is 6.57. The van der Waals surface area contributed by atoms with Gasteiger partial charge in [0.1, 0.15) is 5.82 Å². The van der Waals surface area contributed by atoms with Crippen LogP contribution < -0.4 is 5.73 Å². The average molecular weight is 308 g/mol. The van der Waals surface area contributed by atoms with E-state index < -0.39 is 0 Å². The summed E-state index contributed by atoms with van der Waals surface area (Å²) >= 11 is 1.58. The number of thioether (sulfide) groups is 1. The van der Waals surface area contributed by atoms with E-state index in [0.717, 1.165) is 11.0 Å². The number of rotatable bonds is 5. The van der Waals surface area contributed by atoms with Crippen molar-refractivity contribution in [2.75, 3.05) is 0 Å². The van der Waals surface area contributed by atoms with Crippen LogP contribution in [-0.2, 0) is 17.7 Å². The molecule has 2 N–H and O–H groups in total. The second kappa shape index (κ2) is 5.42. The van der Waals surface area contributed by atoms with Crippen LogP contribution in [-0.4, -0.2) is 24.9 Å². The zero-order valence-corrected chi connectivity index (χ0v) is 13.4. The van der Waals surface area contributed by atoms with Crippen molar-refractivity contribution in [2.24, 2.45) is 5.73 Å². The van der Waals surface area contributed by atoms with Crippen molar-refractivity contribution in [2.45, 2.75) is 62.5 Å². The molecule has 8 heteroatoms. The first kappa shape index (κ1) is 14.5. The Bertz CT molecular complexity index is 625. The van der Waals surface area contributed by atoms with Crippen molar-refractivity contribution >= 4 is 11.8 Å². The van der Waals surface area contributed by atoms with Crippen molar-refractivity contribution in [3.8, 4) is 0 Å². The fraction of sp³-hybridized carbons (Fsp3) is 0.692. The molecule has 7 nitrogen and oxygen atoms in total. The van der Waals surface area contributed by atoms with Gasteiger partial charge in [-0.15, -0.1) is 10.2 Å². The van der Waals surface area contributed by atoms with Gasteiger partial charge >= 0.3 is 0 Å². The first-order chi connectivity index (χ1) is 9.99. The predicted octanol–water partition coefficient (Wildman–Crippen LogP) is 2.04. The molecule has 0 unspecified atom stereocenters. The molecule has 1 aliphatic rings. The van der Waals surface area contributed by atoms with Crippen molar-refractivity contribution in [1.82, 2.24) is 24.9 Å². The summed E-state index contributed by atoms with van der Waals surface area (Å²) < 4.78 is 7.44. The van der Waals surface area contributed by atoms with E-state index in [9.17, 15) is 0 Å². The molecule has 21 heavy (non-hydrogen) atoms. The molecule has 2 aromatic rings. The first-order valence-corrected chi connectivity index (χ1v) is 8.07. The molecular formula is C13H20N6OS. The lowest BCUT2D eigenvalue weighted by molar-refractivity contribution is 0.319. The van der Waals surface area contributed by atoms with Crippen molar-refractivity contribution in [3.63, 3.8) is 0 Å². The highest BCUT2D eigenvalue weighted by Crippen LogP contribution is 2.39. The minimum atomic E-state index is -0.128. The molecule has 0 atom stereocenters. The molecule has 1 fully saturated rings. The Kier molecular flexibility index (Phi) is 3.75. The van der Waals surface area contributed by atoms with Crippen LogP contribution in [0.2, 0.25) is 0 Å². The molecule has 1 saturated carbocycles. The van der Waals surface area contributed by atoms with Gasteiger partial charge in [0.2, 0.25) is 5.89 Å². The van der Waals surface area contributed by atoms with Crippen LogP contribution in [0.1, 0.15) is 57.2 Å². The summed E-state index contributed by atoms with van der Waals surface area (Å²) in [7, 11) is 0. The second-order valence-electron chi connectivity index (χ2n) is 6.26. The lowest BCUT2D eigenvalue weighted by Gasteiger charge is -2.10. The van der Waals surface area contributed by atoms with Gasteiger partial charge < -0.3 is 14.8 Å². The van der Waals surface area contributed by atoms with Gasteiger partial charge in [-0.05, 0) is 12.8 Å². The molecule has 0 amide bonds. The van der Waals surface area contributed by atoms with Gasteiger partial charge in [0, 0.05) is 11.5 Å². The Morgan fingerprint density at radius 2 is 2.10 bits per heavy atom. The summed E-state index contributed by atoms with van der Waals surface area (Å²) in [5.41, 5.74) is 5.59. The third-order valence-corrected chi connectivity index (χ3v) is 4.21. The molecule has 114 valence electrons. The SMILES string of the molecule is CC(C)(C)c1nc(CSc2nnc(CN)n2C2CC2)no1. The fourth-order valence-corrected chi connectivity index (χ4v) is 2.86. The van der Waals surface area contributed by atoms with Crippen LogP contribution in [0.25, 0.3) is 0 Å². The molecule has 3 rings (SSSR count). The lowest BCUT2D eigenvalue weighted by atomic mass is 9.97. The van der Waals surface area contributed by atoms with E-state index in [1.807, 2.05) is 0 Å². The van der Waals surface area contributed by atoms with Gasteiger partial charge in [0.25, 0.3) is 0 Å². The third kappa shape index (κ3) is 3.11. The van der Waals surface area contributed by atoms with Crippen LogP contribution in [0.4, 0.5) is 0 Å². The molecule has 2 aromatic heterocycles. The number of hydrogen-bond donors (Lipinski definition) is 1. The topological polar surface area (TPSA) is 95.7 Å². The van der Waals surface area contributed by atoms with Gasteiger partial charge in [-0.3, -0.25) is 0 Å². The Morgan fingerprint density at radius 1 is 1.33 bits per heavy atom. The zero-order chi connectivity index (χ0) is 15.0. The maximum atomic E-state index is 5.72. The van der Waals surface area contributed by atoms with E-state index in [-0.39, 0.29) is 5.41 Å².